The molecule has 1 amide bonds. The molecule has 3 N–H and O–H groups in total. The second-order valence-electron chi connectivity index (χ2n) is 6.86. The van der Waals surface area contributed by atoms with E-state index in [2.05, 4.69) is 12.2 Å². The van der Waals surface area contributed by atoms with Gasteiger partial charge < -0.3 is 20.3 Å². The number of likely N-dealkylation sites (tertiary alicyclic amines) is 1. The van der Waals surface area contributed by atoms with Crippen LogP contribution in [-0.2, 0) is 4.79 Å². The van der Waals surface area contributed by atoms with Crippen LogP contribution in [0.2, 0.25) is 0 Å². The molecular formula is C15H29BN2O3. The molecule has 2 unspecified atom stereocenters. The van der Waals surface area contributed by atoms with Crippen molar-refractivity contribution < 1.29 is 14.8 Å². The van der Waals surface area contributed by atoms with Crippen molar-refractivity contribution in [1.29, 1.82) is 0 Å². The lowest BCUT2D eigenvalue weighted by Crippen LogP contribution is -2.58. The number of carbonyl (C=O) groups is 1. The fourth-order valence-electron chi connectivity index (χ4n) is 4.03. The number of hydrogen-bond acceptors (Lipinski definition) is 4. The molecule has 0 radical (unpaired) electrons. The van der Waals surface area contributed by atoms with Crippen LogP contribution >= 0.6 is 0 Å². The SMILES string of the molecule is CCNC(C(=O)N1CCCC1B(O)O)C1(C)CCCCC1. The first kappa shape index (κ1) is 16.8. The van der Waals surface area contributed by atoms with E-state index in [9.17, 15) is 14.8 Å². The van der Waals surface area contributed by atoms with Gasteiger partial charge in [-0.25, -0.2) is 0 Å². The lowest BCUT2D eigenvalue weighted by Gasteiger charge is -2.42. The molecule has 0 aromatic heterocycles. The first-order chi connectivity index (χ1) is 9.99. The van der Waals surface area contributed by atoms with Gasteiger partial charge in [0.1, 0.15) is 0 Å². The van der Waals surface area contributed by atoms with Crippen LogP contribution in [0.1, 0.15) is 58.8 Å². The molecule has 2 aliphatic rings. The minimum absolute atomic E-state index is 0.0150. The highest BCUT2D eigenvalue weighted by Crippen LogP contribution is 2.40. The number of hydrogen-bond donors (Lipinski definition) is 3. The lowest BCUT2D eigenvalue weighted by molar-refractivity contribution is -0.137. The van der Waals surface area contributed by atoms with E-state index in [-0.39, 0.29) is 17.4 Å². The van der Waals surface area contributed by atoms with Crippen molar-refractivity contribution in [2.24, 2.45) is 5.41 Å². The summed E-state index contributed by atoms with van der Waals surface area (Å²) in [5.74, 6) is -0.386. The number of nitrogens with one attached hydrogen (secondary N) is 1. The zero-order valence-electron chi connectivity index (χ0n) is 13.3. The van der Waals surface area contributed by atoms with Gasteiger partial charge >= 0.3 is 7.12 Å². The van der Waals surface area contributed by atoms with Crippen LogP contribution in [0, 0.1) is 5.41 Å². The van der Waals surface area contributed by atoms with Crippen LogP contribution in [0.5, 0.6) is 0 Å². The number of amides is 1. The summed E-state index contributed by atoms with van der Waals surface area (Å²) in [6.07, 6.45) is 7.27. The first-order valence-electron chi connectivity index (χ1n) is 8.39. The summed E-state index contributed by atoms with van der Waals surface area (Å²) in [7, 11) is -1.43. The molecule has 1 saturated heterocycles. The third-order valence-corrected chi connectivity index (χ3v) is 5.27. The maximum atomic E-state index is 13.0. The normalized spacial score (nSPS) is 26.7. The monoisotopic (exact) mass is 296 g/mol. The zero-order valence-corrected chi connectivity index (χ0v) is 13.3. The molecule has 1 heterocycles. The molecule has 1 aliphatic heterocycles. The van der Waals surface area contributed by atoms with Gasteiger partial charge in [0, 0.05) is 6.54 Å². The van der Waals surface area contributed by atoms with Crippen molar-refractivity contribution in [3.63, 3.8) is 0 Å². The van der Waals surface area contributed by atoms with Gasteiger partial charge in [0.05, 0.1) is 12.0 Å². The molecule has 5 nitrogen and oxygen atoms in total. The van der Waals surface area contributed by atoms with Crippen LogP contribution in [0.4, 0.5) is 0 Å². The molecule has 2 fully saturated rings. The molecule has 21 heavy (non-hydrogen) atoms. The maximum Gasteiger partial charge on any atom is 0.475 e. The average Bonchev–Trinajstić information content (AvgIpc) is 2.94. The van der Waals surface area contributed by atoms with Crippen molar-refractivity contribution in [2.75, 3.05) is 13.1 Å². The Labute approximate surface area is 128 Å². The van der Waals surface area contributed by atoms with Gasteiger partial charge in [-0.05, 0) is 37.6 Å². The quantitative estimate of drug-likeness (QED) is 0.660. The van der Waals surface area contributed by atoms with Crippen molar-refractivity contribution in [3.05, 3.63) is 0 Å². The summed E-state index contributed by atoms with van der Waals surface area (Å²) < 4.78 is 0. The van der Waals surface area contributed by atoms with Gasteiger partial charge in [0.2, 0.25) is 5.91 Å². The third-order valence-electron chi connectivity index (χ3n) is 5.27. The minimum Gasteiger partial charge on any atom is -0.426 e. The molecule has 0 aromatic rings. The molecule has 2 atom stereocenters. The van der Waals surface area contributed by atoms with Gasteiger partial charge in [-0.15, -0.1) is 0 Å². The van der Waals surface area contributed by atoms with Crippen LogP contribution in [0.25, 0.3) is 0 Å². The standard InChI is InChI=1S/C15H29BN2O3/c1-3-17-13(15(2)9-5-4-6-10-15)14(19)18-11-7-8-12(18)16(20)21/h12-13,17,20-21H,3-11H2,1-2H3. The van der Waals surface area contributed by atoms with Gasteiger partial charge in [-0.2, -0.15) is 0 Å². The largest absolute Gasteiger partial charge is 0.475 e. The Morgan fingerprint density at radius 2 is 2.00 bits per heavy atom. The molecule has 0 bridgehead atoms. The average molecular weight is 296 g/mol. The van der Waals surface area contributed by atoms with Crippen LogP contribution in [0.15, 0.2) is 0 Å². The van der Waals surface area contributed by atoms with Crippen LogP contribution in [-0.4, -0.2) is 53.0 Å². The van der Waals surface area contributed by atoms with Crippen molar-refractivity contribution in [2.45, 2.75) is 70.8 Å². The molecule has 120 valence electrons. The Kier molecular flexibility index (Phi) is 5.69. The van der Waals surface area contributed by atoms with Gasteiger partial charge in [0.15, 0.2) is 0 Å². The minimum atomic E-state index is -1.43. The molecular weight excluding hydrogens is 267 g/mol. The van der Waals surface area contributed by atoms with Crippen LogP contribution < -0.4 is 5.32 Å². The van der Waals surface area contributed by atoms with E-state index in [1.165, 1.54) is 19.3 Å². The van der Waals surface area contributed by atoms with E-state index in [0.29, 0.717) is 13.0 Å². The molecule has 2 rings (SSSR count). The number of nitrogens with zero attached hydrogens (tertiary/aromatic N) is 1. The van der Waals surface area contributed by atoms with E-state index in [1.54, 1.807) is 4.90 Å². The summed E-state index contributed by atoms with van der Waals surface area (Å²) >= 11 is 0. The Hall–Kier alpha value is -0.585. The lowest BCUT2D eigenvalue weighted by atomic mass is 9.69. The third kappa shape index (κ3) is 3.60. The van der Waals surface area contributed by atoms with E-state index >= 15 is 0 Å². The summed E-state index contributed by atoms with van der Waals surface area (Å²) in [6, 6.07) is -0.206. The Balaban J connectivity index is 2.15. The number of rotatable bonds is 5. The molecule has 0 aromatic carbocycles. The summed E-state index contributed by atoms with van der Waals surface area (Å²) in [5, 5.41) is 22.4. The van der Waals surface area contributed by atoms with Gasteiger partial charge in [-0.3, -0.25) is 4.79 Å². The van der Waals surface area contributed by atoms with E-state index < -0.39 is 13.1 Å². The Bertz CT molecular complexity index is 359. The Morgan fingerprint density at radius 1 is 1.33 bits per heavy atom. The fraction of sp³-hybridized carbons (Fsp3) is 0.933. The highest BCUT2D eigenvalue weighted by atomic mass is 16.4. The zero-order chi connectivity index (χ0) is 15.5. The summed E-state index contributed by atoms with van der Waals surface area (Å²) in [4.78, 5) is 14.7. The summed E-state index contributed by atoms with van der Waals surface area (Å²) in [6.45, 7) is 5.62. The number of likely N-dealkylation sites (N-methyl/N-ethyl adjacent to an activating group) is 1. The van der Waals surface area contributed by atoms with E-state index in [1.807, 2.05) is 6.92 Å². The summed E-state index contributed by atoms with van der Waals surface area (Å²) in [5.41, 5.74) is -0.0150. The second kappa shape index (κ2) is 7.12. The predicted octanol–water partition coefficient (Wildman–Crippen LogP) is 0.938. The van der Waals surface area contributed by atoms with Crippen LogP contribution in [0.3, 0.4) is 0 Å². The maximum absolute atomic E-state index is 13.0. The van der Waals surface area contributed by atoms with Crippen molar-refractivity contribution in [3.8, 4) is 0 Å². The van der Waals surface area contributed by atoms with Crippen molar-refractivity contribution >= 4 is 13.0 Å². The number of carbonyl (C=O) groups excluding carboxylic acids is 1. The predicted molar refractivity (Wildman–Crippen MR) is 83.6 cm³/mol. The molecule has 1 aliphatic carbocycles. The fourth-order valence-corrected chi connectivity index (χ4v) is 4.03. The highest BCUT2D eigenvalue weighted by molar-refractivity contribution is 6.43. The van der Waals surface area contributed by atoms with E-state index in [4.69, 9.17) is 0 Å². The van der Waals surface area contributed by atoms with Crippen molar-refractivity contribution in [1.82, 2.24) is 10.2 Å². The Morgan fingerprint density at radius 3 is 2.57 bits per heavy atom. The van der Waals surface area contributed by atoms with Gasteiger partial charge in [0.25, 0.3) is 0 Å². The van der Waals surface area contributed by atoms with Gasteiger partial charge in [-0.1, -0.05) is 33.1 Å². The second-order valence-corrected chi connectivity index (χ2v) is 6.86. The molecule has 0 spiro atoms. The molecule has 6 heteroatoms. The smallest absolute Gasteiger partial charge is 0.426 e. The van der Waals surface area contributed by atoms with E-state index in [0.717, 1.165) is 25.8 Å². The first-order valence-corrected chi connectivity index (χ1v) is 8.39. The highest BCUT2D eigenvalue weighted by Gasteiger charge is 2.45. The molecule has 1 saturated carbocycles. The topological polar surface area (TPSA) is 72.8 Å².